The molecule has 1 saturated heterocycles. The molecule has 3 aliphatic rings. The highest BCUT2D eigenvalue weighted by atomic mass is 32.2. The van der Waals surface area contributed by atoms with Crippen molar-refractivity contribution in [3.8, 4) is 5.75 Å². The number of fused-ring (bicyclic) bond motifs is 1. The van der Waals surface area contributed by atoms with Crippen molar-refractivity contribution >= 4 is 27.5 Å². The summed E-state index contributed by atoms with van der Waals surface area (Å²) in [6.45, 7) is 2.33. The van der Waals surface area contributed by atoms with Crippen LogP contribution in [0.1, 0.15) is 49.7 Å². The van der Waals surface area contributed by atoms with Gasteiger partial charge in [0.05, 0.1) is 23.5 Å². The first kappa shape index (κ1) is 29.1. The highest BCUT2D eigenvalue weighted by Gasteiger charge is 2.54. The first-order chi connectivity index (χ1) is 20.6. The van der Waals surface area contributed by atoms with E-state index in [-0.39, 0.29) is 31.2 Å². The number of amides is 2. The number of sulfonamides is 1. The zero-order chi connectivity index (χ0) is 30.4. The third-order valence-electron chi connectivity index (χ3n) is 8.64. The van der Waals surface area contributed by atoms with Crippen molar-refractivity contribution in [2.45, 2.75) is 55.4 Å². The average molecular weight is 610 g/mol. The van der Waals surface area contributed by atoms with Crippen molar-refractivity contribution in [1.29, 1.82) is 0 Å². The number of carbonyl (C=O) groups excluding carboxylic acids is 2. The van der Waals surface area contributed by atoms with E-state index >= 15 is 0 Å². The van der Waals surface area contributed by atoms with Gasteiger partial charge in [-0.2, -0.15) is 0 Å². The van der Waals surface area contributed by atoms with Crippen LogP contribution in [0.3, 0.4) is 0 Å². The van der Waals surface area contributed by atoms with Gasteiger partial charge in [-0.3, -0.25) is 14.3 Å². The largest absolute Gasteiger partial charge is 0.491 e. The normalized spacial score (nSPS) is 22.1. The van der Waals surface area contributed by atoms with Gasteiger partial charge in [0, 0.05) is 37.7 Å². The number of nitrogens with zero attached hydrogens (tertiary/aromatic N) is 2. The number of likely N-dealkylation sites (tertiary alicyclic amines) is 1. The zero-order valence-electron chi connectivity index (χ0n) is 23.7. The Morgan fingerprint density at radius 3 is 2.19 bits per heavy atom. The van der Waals surface area contributed by atoms with E-state index in [2.05, 4.69) is 4.72 Å². The molecule has 6 rings (SSSR count). The summed E-state index contributed by atoms with van der Waals surface area (Å²) in [4.78, 5) is 31.9. The van der Waals surface area contributed by atoms with Crippen LogP contribution in [0.4, 0.5) is 14.5 Å². The molecule has 2 aliphatic heterocycles. The fourth-order valence-electron chi connectivity index (χ4n) is 6.20. The second-order valence-electron chi connectivity index (χ2n) is 11.6. The number of carbonyl (C=O) groups is 2. The van der Waals surface area contributed by atoms with E-state index in [4.69, 9.17) is 4.74 Å². The van der Waals surface area contributed by atoms with Crippen molar-refractivity contribution in [2.24, 2.45) is 0 Å². The Bertz CT molecular complexity index is 1600. The molecule has 2 fully saturated rings. The molecule has 1 saturated carbocycles. The third kappa shape index (κ3) is 5.58. The lowest BCUT2D eigenvalue weighted by Crippen LogP contribution is -2.57. The van der Waals surface area contributed by atoms with Crippen LogP contribution in [-0.4, -0.2) is 61.7 Å². The van der Waals surface area contributed by atoms with Crippen molar-refractivity contribution in [3.05, 3.63) is 95.6 Å². The highest BCUT2D eigenvalue weighted by Crippen LogP contribution is 2.42. The molecular weight excluding hydrogens is 576 g/mol. The van der Waals surface area contributed by atoms with Gasteiger partial charge in [0.15, 0.2) is 11.6 Å². The molecule has 0 spiro atoms. The Morgan fingerprint density at radius 2 is 1.58 bits per heavy atom. The molecule has 2 heterocycles. The summed E-state index contributed by atoms with van der Waals surface area (Å²) >= 11 is 0. The van der Waals surface area contributed by atoms with Gasteiger partial charge in [0.2, 0.25) is 15.9 Å². The smallest absolute Gasteiger partial charge is 0.259 e. The van der Waals surface area contributed by atoms with Crippen LogP contribution in [0.2, 0.25) is 0 Å². The average Bonchev–Trinajstić information content (AvgIpc) is 3.81. The van der Waals surface area contributed by atoms with Gasteiger partial charge in [0.1, 0.15) is 11.3 Å². The van der Waals surface area contributed by atoms with Crippen molar-refractivity contribution in [3.63, 3.8) is 0 Å². The molecule has 2 amide bonds. The predicted octanol–water partition coefficient (Wildman–Crippen LogP) is 4.35. The monoisotopic (exact) mass is 609 g/mol. The Kier molecular flexibility index (Phi) is 7.62. The molecule has 8 nitrogen and oxygen atoms in total. The van der Waals surface area contributed by atoms with Gasteiger partial charge in [-0.1, -0.05) is 60.7 Å². The Balaban J connectivity index is 1.42. The fraction of sp³-hybridized carbons (Fsp3) is 0.375. The van der Waals surface area contributed by atoms with E-state index in [9.17, 15) is 26.8 Å². The number of anilines is 1. The summed E-state index contributed by atoms with van der Waals surface area (Å²) in [5.41, 5.74) is 0.215. The highest BCUT2D eigenvalue weighted by molar-refractivity contribution is 7.90. The Labute approximate surface area is 249 Å². The molecule has 226 valence electrons. The minimum Gasteiger partial charge on any atom is -0.491 e. The van der Waals surface area contributed by atoms with Crippen molar-refractivity contribution in [2.75, 3.05) is 24.6 Å². The number of hydrogen-bond donors (Lipinski definition) is 1. The number of halogens is 2. The van der Waals surface area contributed by atoms with E-state index in [1.807, 2.05) is 65.6 Å². The maximum Gasteiger partial charge on any atom is 0.259 e. The van der Waals surface area contributed by atoms with E-state index in [0.29, 0.717) is 31.5 Å². The van der Waals surface area contributed by atoms with Gasteiger partial charge >= 0.3 is 0 Å². The van der Waals surface area contributed by atoms with Crippen molar-refractivity contribution in [1.82, 2.24) is 9.62 Å². The second kappa shape index (κ2) is 11.3. The molecule has 1 aliphatic carbocycles. The summed E-state index contributed by atoms with van der Waals surface area (Å²) in [7, 11) is -3.91. The van der Waals surface area contributed by atoms with Gasteiger partial charge in [-0.05, 0) is 37.3 Å². The van der Waals surface area contributed by atoms with E-state index < -0.39 is 50.3 Å². The van der Waals surface area contributed by atoms with E-state index in [1.165, 1.54) is 4.90 Å². The first-order valence-corrected chi connectivity index (χ1v) is 16.0. The van der Waals surface area contributed by atoms with Crippen LogP contribution in [-0.2, 0) is 19.6 Å². The summed E-state index contributed by atoms with van der Waals surface area (Å²) in [6.07, 6.45) is 1.56. The van der Waals surface area contributed by atoms with Gasteiger partial charge < -0.3 is 14.5 Å². The topological polar surface area (TPSA) is 96.0 Å². The number of rotatable bonds is 7. The van der Waals surface area contributed by atoms with E-state index in [1.54, 1.807) is 6.92 Å². The number of hydrogen-bond acceptors (Lipinski definition) is 6. The van der Waals surface area contributed by atoms with Crippen LogP contribution < -0.4 is 14.4 Å². The first-order valence-electron chi connectivity index (χ1n) is 14.4. The Hall–Kier alpha value is -3.99. The number of benzene rings is 3. The molecule has 3 aromatic rings. The summed E-state index contributed by atoms with van der Waals surface area (Å²) < 4.78 is 62.4. The summed E-state index contributed by atoms with van der Waals surface area (Å²) in [5.74, 6) is -3.81. The molecule has 2 atom stereocenters. The molecule has 0 aromatic heterocycles. The summed E-state index contributed by atoms with van der Waals surface area (Å²) in [5, 5.41) is -0.629. The lowest BCUT2D eigenvalue weighted by Gasteiger charge is -2.36. The molecule has 0 unspecified atom stereocenters. The van der Waals surface area contributed by atoms with Crippen LogP contribution in [0.25, 0.3) is 0 Å². The van der Waals surface area contributed by atoms with Crippen LogP contribution in [0.15, 0.2) is 72.8 Å². The van der Waals surface area contributed by atoms with Crippen LogP contribution >= 0.6 is 0 Å². The number of ether oxygens (including phenoxy) is 1. The minimum absolute atomic E-state index is 0.0564. The lowest BCUT2D eigenvalue weighted by molar-refractivity contribution is -0.143. The molecule has 43 heavy (non-hydrogen) atoms. The van der Waals surface area contributed by atoms with Crippen LogP contribution in [0, 0.1) is 11.6 Å². The Morgan fingerprint density at radius 1 is 0.977 bits per heavy atom. The maximum atomic E-state index is 14.7. The molecule has 11 heteroatoms. The van der Waals surface area contributed by atoms with Crippen LogP contribution in [0.5, 0.6) is 5.75 Å². The van der Waals surface area contributed by atoms with E-state index in [0.717, 1.165) is 23.3 Å². The molecule has 0 bridgehead atoms. The molecular formula is C32H33F2N3O5S. The molecule has 0 radical (unpaired) electrons. The fourth-order valence-corrected chi connectivity index (χ4v) is 7.60. The van der Waals surface area contributed by atoms with Gasteiger partial charge in [-0.15, -0.1) is 0 Å². The van der Waals surface area contributed by atoms with Gasteiger partial charge in [0.25, 0.3) is 5.91 Å². The quantitative estimate of drug-likeness (QED) is 0.428. The lowest BCUT2D eigenvalue weighted by atomic mass is 9.88. The van der Waals surface area contributed by atoms with Crippen molar-refractivity contribution < 1.29 is 31.5 Å². The predicted molar refractivity (Wildman–Crippen MR) is 157 cm³/mol. The second-order valence-corrected chi connectivity index (χ2v) is 13.6. The third-order valence-corrected chi connectivity index (χ3v) is 10.5. The SMILES string of the molecule is C[C@@]1(C(=O)NS(=O)(=O)C2CC2)C[C@@H](N2CCCOc3cc(F)c(F)cc32)CN1C(=O)C(c1ccccc1)c1ccccc1. The zero-order valence-corrected chi connectivity index (χ0v) is 24.5. The standard InChI is InChI=1S/C32H33F2N3O5S/c1-32(31(39)35-43(40,41)24-13-14-24)19-23(36-15-8-16-42-28-18-26(34)25(33)17-27(28)36)20-37(32)30(38)29(21-9-4-2-5-10-21)22-11-6-3-7-12-22/h2-7,9-12,17-18,23-24,29H,8,13-16,19-20H2,1H3,(H,35,39)/t23-,32+/m1/s1. The van der Waals surface area contributed by atoms with Gasteiger partial charge in [-0.25, -0.2) is 17.2 Å². The maximum absolute atomic E-state index is 14.7. The molecule has 3 aromatic carbocycles. The summed E-state index contributed by atoms with van der Waals surface area (Å²) in [6, 6.07) is 20.0. The number of nitrogens with one attached hydrogen (secondary N) is 1. The molecule has 1 N–H and O–H groups in total. The minimum atomic E-state index is -3.91.